The zero-order valence-corrected chi connectivity index (χ0v) is 10.8. The Bertz CT molecular complexity index is 484. The molecule has 1 aromatic carbocycles. The molecule has 0 saturated carbocycles. The van der Waals surface area contributed by atoms with Crippen LogP contribution in [-0.4, -0.2) is 25.8 Å². The van der Waals surface area contributed by atoms with E-state index in [1.165, 1.54) is 16.4 Å². The topological polar surface area (TPSA) is 63.4 Å². The quantitative estimate of drug-likeness (QED) is 0.868. The predicted octanol–water partition coefficient (Wildman–Crippen LogP) is 1.31. The maximum Gasteiger partial charge on any atom is 0.243 e. The van der Waals surface area contributed by atoms with Gasteiger partial charge in [0.25, 0.3) is 0 Å². The van der Waals surface area contributed by atoms with Gasteiger partial charge in [-0.1, -0.05) is 13.8 Å². The number of nitrogens with two attached hydrogens (primary N) is 1. The lowest BCUT2D eigenvalue weighted by molar-refractivity contribution is 0.445. The average Bonchev–Trinajstić information content (AvgIpc) is 2.30. The fourth-order valence-corrected chi connectivity index (χ4v) is 3.09. The number of rotatable bonds is 5. The Morgan fingerprint density at radius 1 is 1.29 bits per heavy atom. The smallest absolute Gasteiger partial charge is 0.243 e. The van der Waals surface area contributed by atoms with Crippen molar-refractivity contribution in [2.75, 3.05) is 13.1 Å². The van der Waals surface area contributed by atoms with Crippen molar-refractivity contribution in [1.82, 2.24) is 4.31 Å². The lowest BCUT2D eigenvalue weighted by Crippen LogP contribution is -2.30. The van der Waals surface area contributed by atoms with Crippen LogP contribution in [0.4, 0.5) is 4.39 Å². The van der Waals surface area contributed by atoms with E-state index in [1.807, 2.05) is 0 Å². The molecule has 0 unspecified atom stereocenters. The summed E-state index contributed by atoms with van der Waals surface area (Å²) in [5.74, 6) is -0.481. The van der Waals surface area contributed by atoms with Gasteiger partial charge in [0.2, 0.25) is 10.0 Å². The van der Waals surface area contributed by atoms with Gasteiger partial charge in [-0.15, -0.1) is 0 Å². The minimum Gasteiger partial charge on any atom is -0.326 e. The number of nitrogens with zero attached hydrogens (tertiary/aromatic N) is 1. The maximum atomic E-state index is 13.2. The minimum absolute atomic E-state index is 0.0204. The summed E-state index contributed by atoms with van der Waals surface area (Å²) >= 11 is 0. The Morgan fingerprint density at radius 2 is 1.88 bits per heavy atom. The molecule has 4 nitrogen and oxygen atoms in total. The molecule has 0 spiro atoms. The Balaban J connectivity index is 3.24. The largest absolute Gasteiger partial charge is 0.326 e. The second-order valence-electron chi connectivity index (χ2n) is 3.55. The summed E-state index contributed by atoms with van der Waals surface area (Å²) in [7, 11) is -3.54. The van der Waals surface area contributed by atoms with Crippen LogP contribution in [0.25, 0.3) is 0 Å². The van der Waals surface area contributed by atoms with E-state index in [0.717, 1.165) is 6.07 Å². The highest BCUT2D eigenvalue weighted by Gasteiger charge is 2.22. The number of halogens is 1. The van der Waals surface area contributed by atoms with Crippen molar-refractivity contribution < 1.29 is 12.8 Å². The molecule has 96 valence electrons. The molecule has 0 aliphatic carbocycles. The molecule has 0 aliphatic rings. The lowest BCUT2D eigenvalue weighted by atomic mass is 10.2. The van der Waals surface area contributed by atoms with Gasteiger partial charge in [-0.2, -0.15) is 4.31 Å². The van der Waals surface area contributed by atoms with Crippen LogP contribution in [0.1, 0.15) is 19.4 Å². The summed E-state index contributed by atoms with van der Waals surface area (Å²) in [6.45, 7) is 4.26. The van der Waals surface area contributed by atoms with Crippen LogP contribution in [0.15, 0.2) is 23.1 Å². The Kier molecular flexibility index (Phi) is 4.62. The van der Waals surface area contributed by atoms with Gasteiger partial charge in [0.1, 0.15) is 5.82 Å². The van der Waals surface area contributed by atoms with Crippen LogP contribution >= 0.6 is 0 Å². The van der Waals surface area contributed by atoms with Crippen LogP contribution in [0, 0.1) is 5.82 Å². The summed E-state index contributed by atoms with van der Waals surface area (Å²) in [5, 5.41) is 0. The van der Waals surface area contributed by atoms with Gasteiger partial charge in [0.15, 0.2) is 0 Å². The normalized spacial score (nSPS) is 12.1. The first-order valence-electron chi connectivity index (χ1n) is 5.46. The summed E-state index contributed by atoms with van der Waals surface area (Å²) in [6.07, 6.45) is 0. The van der Waals surface area contributed by atoms with E-state index in [4.69, 9.17) is 5.73 Å². The Hall–Kier alpha value is -0.980. The average molecular weight is 260 g/mol. The predicted molar refractivity (Wildman–Crippen MR) is 64.4 cm³/mol. The SMILES string of the molecule is CCN(CC)S(=O)(=O)c1ccc(F)c(CN)c1. The third kappa shape index (κ3) is 2.83. The van der Waals surface area contributed by atoms with Crippen molar-refractivity contribution in [3.63, 3.8) is 0 Å². The van der Waals surface area contributed by atoms with Gasteiger partial charge in [0.05, 0.1) is 4.90 Å². The monoisotopic (exact) mass is 260 g/mol. The van der Waals surface area contributed by atoms with Crippen molar-refractivity contribution in [3.05, 3.63) is 29.6 Å². The minimum atomic E-state index is -3.54. The summed E-state index contributed by atoms with van der Waals surface area (Å²) < 4.78 is 38.8. The van der Waals surface area contributed by atoms with Crippen LogP contribution in [0.5, 0.6) is 0 Å². The highest BCUT2D eigenvalue weighted by Crippen LogP contribution is 2.18. The van der Waals surface area contributed by atoms with Gasteiger partial charge in [0, 0.05) is 25.2 Å². The van der Waals surface area contributed by atoms with E-state index in [9.17, 15) is 12.8 Å². The summed E-state index contributed by atoms with van der Waals surface area (Å²) in [6, 6.07) is 3.70. The number of benzene rings is 1. The molecule has 0 aromatic heterocycles. The number of hydrogen-bond donors (Lipinski definition) is 1. The van der Waals surface area contributed by atoms with Gasteiger partial charge in [-0.3, -0.25) is 0 Å². The zero-order chi connectivity index (χ0) is 13.1. The molecule has 0 heterocycles. The highest BCUT2D eigenvalue weighted by atomic mass is 32.2. The van der Waals surface area contributed by atoms with E-state index in [0.29, 0.717) is 13.1 Å². The van der Waals surface area contributed by atoms with E-state index >= 15 is 0 Å². The fourth-order valence-electron chi connectivity index (χ4n) is 1.58. The second-order valence-corrected chi connectivity index (χ2v) is 5.48. The molecule has 0 fully saturated rings. The second kappa shape index (κ2) is 5.57. The molecule has 1 rings (SSSR count). The van der Waals surface area contributed by atoms with Crippen molar-refractivity contribution in [2.24, 2.45) is 5.73 Å². The lowest BCUT2D eigenvalue weighted by Gasteiger charge is -2.18. The maximum absolute atomic E-state index is 13.2. The molecule has 17 heavy (non-hydrogen) atoms. The third-order valence-corrected chi connectivity index (χ3v) is 4.63. The van der Waals surface area contributed by atoms with Crippen LogP contribution < -0.4 is 5.73 Å². The molecule has 0 radical (unpaired) electrons. The van der Waals surface area contributed by atoms with Crippen molar-refractivity contribution >= 4 is 10.0 Å². The molecule has 0 saturated heterocycles. The molecule has 0 bridgehead atoms. The molecule has 0 aliphatic heterocycles. The van der Waals surface area contributed by atoms with E-state index in [2.05, 4.69) is 0 Å². The van der Waals surface area contributed by atoms with Crippen molar-refractivity contribution in [3.8, 4) is 0 Å². The first-order valence-corrected chi connectivity index (χ1v) is 6.90. The van der Waals surface area contributed by atoms with Gasteiger partial charge in [-0.25, -0.2) is 12.8 Å². The van der Waals surface area contributed by atoms with Crippen molar-refractivity contribution in [1.29, 1.82) is 0 Å². The van der Waals surface area contributed by atoms with E-state index in [-0.39, 0.29) is 17.0 Å². The summed E-state index contributed by atoms with van der Waals surface area (Å²) in [5.41, 5.74) is 5.56. The van der Waals surface area contributed by atoms with E-state index in [1.54, 1.807) is 13.8 Å². The molecule has 6 heteroatoms. The van der Waals surface area contributed by atoms with Crippen LogP contribution in [0.2, 0.25) is 0 Å². The molecular formula is C11H17FN2O2S. The Morgan fingerprint density at radius 3 is 2.35 bits per heavy atom. The van der Waals surface area contributed by atoms with E-state index < -0.39 is 15.8 Å². The molecule has 0 amide bonds. The van der Waals surface area contributed by atoms with Gasteiger partial charge < -0.3 is 5.73 Å². The number of hydrogen-bond acceptors (Lipinski definition) is 3. The molecule has 1 aromatic rings. The fraction of sp³-hybridized carbons (Fsp3) is 0.455. The standard InChI is InChI=1S/C11H17FN2O2S/c1-3-14(4-2)17(15,16)10-5-6-11(12)9(7-10)8-13/h5-7H,3-4,8,13H2,1-2H3. The highest BCUT2D eigenvalue weighted by molar-refractivity contribution is 7.89. The van der Waals surface area contributed by atoms with Gasteiger partial charge >= 0.3 is 0 Å². The first-order chi connectivity index (χ1) is 7.97. The number of sulfonamides is 1. The van der Waals surface area contributed by atoms with Crippen LogP contribution in [-0.2, 0) is 16.6 Å². The summed E-state index contributed by atoms with van der Waals surface area (Å²) in [4.78, 5) is 0.0862. The molecule has 2 N–H and O–H groups in total. The van der Waals surface area contributed by atoms with Gasteiger partial charge in [-0.05, 0) is 18.2 Å². The Labute approximate surface area is 101 Å². The molecular weight excluding hydrogens is 243 g/mol. The third-order valence-electron chi connectivity index (χ3n) is 2.58. The van der Waals surface area contributed by atoms with Crippen molar-refractivity contribution in [2.45, 2.75) is 25.3 Å². The first kappa shape index (κ1) is 14.1. The van der Waals surface area contributed by atoms with Crippen LogP contribution in [0.3, 0.4) is 0 Å². The zero-order valence-electron chi connectivity index (χ0n) is 9.98. The molecule has 0 atom stereocenters.